The number of carbonyl (C=O) groups excluding carboxylic acids is 2. The van der Waals surface area contributed by atoms with E-state index in [1.165, 1.54) is 19.2 Å². The third kappa shape index (κ3) is 6.63. The largest absolute Gasteiger partial charge is 0.383 e. The van der Waals surface area contributed by atoms with E-state index in [0.29, 0.717) is 29.4 Å². The van der Waals surface area contributed by atoms with Gasteiger partial charge in [0.15, 0.2) is 0 Å². The summed E-state index contributed by atoms with van der Waals surface area (Å²) in [6.07, 6.45) is 0. The van der Waals surface area contributed by atoms with Gasteiger partial charge in [-0.2, -0.15) is 0 Å². The van der Waals surface area contributed by atoms with Crippen LogP contribution in [0.15, 0.2) is 71.6 Å². The van der Waals surface area contributed by atoms with Crippen LogP contribution in [-0.4, -0.2) is 47.0 Å². The molecule has 0 saturated carbocycles. The monoisotopic (exact) mass is 529 g/mol. The maximum absolute atomic E-state index is 13.6. The number of rotatable bonds is 10. The average Bonchev–Trinajstić information content (AvgIpc) is 2.83. The SMILES string of the molecule is COCCNC(=O)c1ccccc1NC(=O)CN(c1ccc(Cl)cc1C)S(=O)(=O)c1ccc(C)cc1. The van der Waals surface area contributed by atoms with E-state index in [2.05, 4.69) is 10.6 Å². The second-order valence-electron chi connectivity index (χ2n) is 8.10. The zero-order valence-electron chi connectivity index (χ0n) is 20.2. The number of anilines is 2. The van der Waals surface area contributed by atoms with Gasteiger partial charge in [-0.05, 0) is 61.9 Å². The number of hydrogen-bond donors (Lipinski definition) is 2. The highest BCUT2D eigenvalue weighted by Gasteiger charge is 2.29. The zero-order chi connectivity index (χ0) is 26.3. The maximum atomic E-state index is 13.6. The molecule has 0 radical (unpaired) electrons. The van der Waals surface area contributed by atoms with E-state index in [4.69, 9.17) is 16.3 Å². The molecule has 2 amide bonds. The first-order chi connectivity index (χ1) is 17.1. The molecule has 3 aromatic carbocycles. The van der Waals surface area contributed by atoms with Gasteiger partial charge in [0.05, 0.1) is 28.4 Å². The van der Waals surface area contributed by atoms with Crippen molar-refractivity contribution < 1.29 is 22.7 Å². The van der Waals surface area contributed by atoms with Crippen LogP contribution in [0, 0.1) is 13.8 Å². The van der Waals surface area contributed by atoms with Gasteiger partial charge in [0.1, 0.15) is 6.54 Å². The molecule has 0 aliphatic heterocycles. The summed E-state index contributed by atoms with van der Waals surface area (Å²) in [5.41, 5.74) is 2.32. The standard InChI is InChI=1S/C26H28ClN3O5S/c1-18-8-11-21(12-9-18)36(33,34)30(24-13-10-20(27)16-19(24)2)17-25(31)29-23-7-5-4-6-22(23)26(32)28-14-15-35-3/h4-13,16H,14-15,17H2,1-3H3,(H,28,32)(H,29,31). The van der Waals surface area contributed by atoms with Crippen LogP contribution in [0.5, 0.6) is 0 Å². The van der Waals surface area contributed by atoms with Crippen LogP contribution in [0.3, 0.4) is 0 Å². The molecule has 0 unspecified atom stereocenters. The van der Waals surface area contributed by atoms with Crippen LogP contribution in [-0.2, 0) is 19.6 Å². The number of ether oxygens (including phenoxy) is 1. The number of amides is 2. The number of benzene rings is 3. The van der Waals surface area contributed by atoms with Crippen molar-refractivity contribution in [1.82, 2.24) is 5.32 Å². The average molecular weight is 530 g/mol. The highest BCUT2D eigenvalue weighted by Crippen LogP contribution is 2.29. The highest BCUT2D eigenvalue weighted by atomic mass is 35.5. The first kappa shape index (κ1) is 27.2. The van der Waals surface area contributed by atoms with Crippen molar-refractivity contribution in [2.24, 2.45) is 0 Å². The number of carbonyl (C=O) groups is 2. The number of para-hydroxylation sites is 1. The molecular formula is C26H28ClN3O5S. The Kier molecular flexibility index (Phi) is 9.08. The summed E-state index contributed by atoms with van der Waals surface area (Å²) in [7, 11) is -2.57. The first-order valence-corrected chi connectivity index (χ1v) is 13.0. The maximum Gasteiger partial charge on any atom is 0.264 e. The van der Waals surface area contributed by atoms with Gasteiger partial charge < -0.3 is 15.4 Å². The fourth-order valence-corrected chi connectivity index (χ4v) is 5.22. The fourth-order valence-electron chi connectivity index (χ4n) is 3.51. The van der Waals surface area contributed by atoms with Crippen molar-refractivity contribution in [3.8, 4) is 0 Å². The fraction of sp³-hybridized carbons (Fsp3) is 0.231. The second kappa shape index (κ2) is 12.0. The molecule has 3 rings (SSSR count). The molecule has 0 saturated heterocycles. The first-order valence-electron chi connectivity index (χ1n) is 11.1. The second-order valence-corrected chi connectivity index (χ2v) is 10.4. The summed E-state index contributed by atoms with van der Waals surface area (Å²) in [6.45, 7) is 3.70. The Balaban J connectivity index is 1.92. The number of sulfonamides is 1. The van der Waals surface area contributed by atoms with E-state index >= 15 is 0 Å². The van der Waals surface area contributed by atoms with Gasteiger partial charge in [0.2, 0.25) is 5.91 Å². The molecule has 0 fully saturated rings. The van der Waals surface area contributed by atoms with E-state index in [1.54, 1.807) is 61.5 Å². The Morgan fingerprint density at radius 2 is 1.69 bits per heavy atom. The van der Waals surface area contributed by atoms with Crippen molar-refractivity contribution in [2.45, 2.75) is 18.7 Å². The molecule has 0 aromatic heterocycles. The Bertz CT molecular complexity index is 1340. The molecule has 190 valence electrons. The summed E-state index contributed by atoms with van der Waals surface area (Å²) < 4.78 is 33.2. The van der Waals surface area contributed by atoms with Crippen LogP contribution in [0.4, 0.5) is 11.4 Å². The summed E-state index contributed by atoms with van der Waals surface area (Å²) >= 11 is 6.08. The molecule has 0 heterocycles. The predicted molar refractivity (Wildman–Crippen MR) is 141 cm³/mol. The lowest BCUT2D eigenvalue weighted by atomic mass is 10.1. The lowest BCUT2D eigenvalue weighted by Gasteiger charge is -2.26. The van der Waals surface area contributed by atoms with Crippen LogP contribution < -0.4 is 14.9 Å². The summed E-state index contributed by atoms with van der Waals surface area (Å²) in [5, 5.41) is 5.84. The minimum atomic E-state index is -4.10. The number of nitrogens with zero attached hydrogens (tertiary/aromatic N) is 1. The molecule has 0 aliphatic carbocycles. The van der Waals surface area contributed by atoms with Gasteiger partial charge in [0, 0.05) is 18.7 Å². The minimum Gasteiger partial charge on any atom is -0.383 e. The molecule has 8 nitrogen and oxygen atoms in total. The quantitative estimate of drug-likeness (QED) is 0.384. The van der Waals surface area contributed by atoms with Crippen LogP contribution >= 0.6 is 11.6 Å². The van der Waals surface area contributed by atoms with Crippen LogP contribution in [0.2, 0.25) is 5.02 Å². The van der Waals surface area contributed by atoms with Crippen molar-refractivity contribution in [1.29, 1.82) is 0 Å². The molecule has 10 heteroatoms. The summed E-state index contributed by atoms with van der Waals surface area (Å²) in [4.78, 5) is 25.8. The van der Waals surface area contributed by atoms with E-state index in [0.717, 1.165) is 9.87 Å². The van der Waals surface area contributed by atoms with Gasteiger partial charge in [-0.15, -0.1) is 0 Å². The van der Waals surface area contributed by atoms with Crippen molar-refractivity contribution in [3.05, 3.63) is 88.4 Å². The smallest absolute Gasteiger partial charge is 0.264 e. The Labute approximate surface area is 216 Å². The van der Waals surface area contributed by atoms with Crippen molar-refractivity contribution in [3.63, 3.8) is 0 Å². The van der Waals surface area contributed by atoms with E-state index in [-0.39, 0.29) is 22.1 Å². The number of methoxy groups -OCH3 is 1. The van der Waals surface area contributed by atoms with Gasteiger partial charge in [-0.3, -0.25) is 13.9 Å². The zero-order valence-corrected chi connectivity index (χ0v) is 21.8. The lowest BCUT2D eigenvalue weighted by molar-refractivity contribution is -0.114. The lowest BCUT2D eigenvalue weighted by Crippen LogP contribution is -2.39. The van der Waals surface area contributed by atoms with Crippen molar-refractivity contribution >= 4 is 44.8 Å². The number of halogens is 1. The molecule has 0 aliphatic rings. The van der Waals surface area contributed by atoms with Crippen molar-refractivity contribution in [2.75, 3.05) is 36.4 Å². The Hall–Kier alpha value is -3.40. The van der Waals surface area contributed by atoms with Crippen LogP contribution in [0.25, 0.3) is 0 Å². The summed E-state index contributed by atoms with van der Waals surface area (Å²) in [5.74, 6) is -1.00. The molecule has 0 bridgehead atoms. The van der Waals surface area contributed by atoms with Gasteiger partial charge in [-0.1, -0.05) is 41.4 Å². The van der Waals surface area contributed by atoms with Gasteiger partial charge in [-0.25, -0.2) is 8.42 Å². The summed E-state index contributed by atoms with van der Waals surface area (Å²) in [6, 6.07) is 17.6. The number of aryl methyl sites for hydroxylation is 2. The number of nitrogens with one attached hydrogen (secondary N) is 2. The van der Waals surface area contributed by atoms with Crippen LogP contribution in [0.1, 0.15) is 21.5 Å². The highest BCUT2D eigenvalue weighted by molar-refractivity contribution is 7.92. The molecule has 0 atom stereocenters. The predicted octanol–water partition coefficient (Wildman–Crippen LogP) is 4.17. The molecule has 3 aromatic rings. The van der Waals surface area contributed by atoms with Gasteiger partial charge >= 0.3 is 0 Å². The molecular weight excluding hydrogens is 502 g/mol. The number of hydrogen-bond acceptors (Lipinski definition) is 5. The molecule has 36 heavy (non-hydrogen) atoms. The Morgan fingerprint density at radius 1 is 1.00 bits per heavy atom. The molecule has 0 spiro atoms. The normalized spacial score (nSPS) is 11.1. The molecule has 2 N–H and O–H groups in total. The third-order valence-electron chi connectivity index (χ3n) is 5.36. The van der Waals surface area contributed by atoms with E-state index in [9.17, 15) is 18.0 Å². The Morgan fingerprint density at radius 3 is 2.36 bits per heavy atom. The minimum absolute atomic E-state index is 0.0492. The third-order valence-corrected chi connectivity index (χ3v) is 7.37. The van der Waals surface area contributed by atoms with Gasteiger partial charge in [0.25, 0.3) is 15.9 Å². The topological polar surface area (TPSA) is 105 Å². The van der Waals surface area contributed by atoms with E-state index < -0.39 is 22.5 Å². The van der Waals surface area contributed by atoms with E-state index in [1.807, 2.05) is 6.92 Å².